The van der Waals surface area contributed by atoms with Gasteiger partial charge in [-0.05, 0) is 18.9 Å². The molecule has 1 saturated heterocycles. The van der Waals surface area contributed by atoms with Gasteiger partial charge >= 0.3 is 0 Å². The van der Waals surface area contributed by atoms with Crippen LogP contribution in [0.4, 0.5) is 5.13 Å². The first-order chi connectivity index (χ1) is 13.7. The number of hydrogen-bond donors (Lipinski definition) is 1. The maximum Gasteiger partial charge on any atom is 0.259 e. The SMILES string of the molecule is COCCn1cc(C(=O)Nc2nnc([C@@H]3CCCO3)s2)c2ccccc2c1=O. The summed E-state index contributed by atoms with van der Waals surface area (Å²) in [5.41, 5.74) is 0.251. The van der Waals surface area contributed by atoms with Gasteiger partial charge < -0.3 is 14.0 Å². The van der Waals surface area contributed by atoms with Gasteiger partial charge in [0, 0.05) is 37.2 Å². The Kier molecular flexibility index (Phi) is 5.47. The quantitative estimate of drug-likeness (QED) is 0.683. The third kappa shape index (κ3) is 3.68. The number of nitrogens with one attached hydrogen (secondary N) is 1. The molecule has 1 atom stereocenters. The molecule has 2 aromatic heterocycles. The molecule has 1 fully saturated rings. The van der Waals surface area contributed by atoms with Crippen LogP contribution < -0.4 is 10.9 Å². The number of amides is 1. The highest BCUT2D eigenvalue weighted by molar-refractivity contribution is 7.15. The van der Waals surface area contributed by atoms with Crippen LogP contribution in [0.25, 0.3) is 10.8 Å². The van der Waals surface area contributed by atoms with E-state index in [9.17, 15) is 9.59 Å². The second-order valence-corrected chi connectivity index (χ2v) is 7.49. The Morgan fingerprint density at radius 2 is 2.18 bits per heavy atom. The lowest BCUT2D eigenvalue weighted by atomic mass is 10.1. The minimum atomic E-state index is -0.336. The first kappa shape index (κ1) is 18.7. The number of aromatic nitrogens is 3. The second kappa shape index (κ2) is 8.17. The summed E-state index contributed by atoms with van der Waals surface area (Å²) >= 11 is 1.31. The van der Waals surface area contributed by atoms with Crippen LogP contribution in [0.1, 0.15) is 34.3 Å². The molecule has 146 valence electrons. The number of carbonyl (C=O) groups is 1. The molecular formula is C19H20N4O4S. The van der Waals surface area contributed by atoms with Gasteiger partial charge in [-0.1, -0.05) is 29.5 Å². The summed E-state index contributed by atoms with van der Waals surface area (Å²) in [7, 11) is 1.57. The minimum Gasteiger partial charge on any atom is -0.383 e. The van der Waals surface area contributed by atoms with E-state index in [4.69, 9.17) is 9.47 Å². The Balaban J connectivity index is 1.64. The van der Waals surface area contributed by atoms with E-state index < -0.39 is 0 Å². The molecule has 0 unspecified atom stereocenters. The van der Waals surface area contributed by atoms with Crippen molar-refractivity contribution in [2.75, 3.05) is 25.6 Å². The largest absolute Gasteiger partial charge is 0.383 e. The third-order valence-electron chi connectivity index (χ3n) is 4.64. The van der Waals surface area contributed by atoms with Crippen LogP contribution in [-0.4, -0.2) is 41.0 Å². The van der Waals surface area contributed by atoms with E-state index >= 15 is 0 Å². The molecule has 3 aromatic rings. The van der Waals surface area contributed by atoms with Gasteiger partial charge in [0.05, 0.1) is 12.2 Å². The number of pyridine rings is 1. The van der Waals surface area contributed by atoms with Gasteiger partial charge in [-0.2, -0.15) is 0 Å². The summed E-state index contributed by atoms with van der Waals surface area (Å²) in [6.07, 6.45) is 3.44. The molecule has 1 aliphatic heterocycles. The number of anilines is 1. The van der Waals surface area contributed by atoms with Crippen LogP contribution in [-0.2, 0) is 16.0 Å². The molecule has 0 aliphatic carbocycles. The van der Waals surface area contributed by atoms with Crippen molar-refractivity contribution in [3.63, 3.8) is 0 Å². The van der Waals surface area contributed by atoms with Gasteiger partial charge in [-0.3, -0.25) is 14.9 Å². The maximum absolute atomic E-state index is 12.9. The number of fused-ring (bicyclic) bond motifs is 1. The molecule has 1 aliphatic rings. The Morgan fingerprint density at radius 1 is 1.36 bits per heavy atom. The zero-order valence-electron chi connectivity index (χ0n) is 15.4. The summed E-state index contributed by atoms with van der Waals surface area (Å²) in [6.45, 7) is 1.46. The predicted octanol–water partition coefficient (Wildman–Crippen LogP) is 2.60. The van der Waals surface area contributed by atoms with E-state index in [1.54, 1.807) is 37.6 Å². The van der Waals surface area contributed by atoms with Gasteiger partial charge in [0.2, 0.25) is 5.13 Å². The standard InChI is InChI=1S/C19H20N4O4S/c1-26-10-8-23-11-14(12-5-2-3-6-13(12)18(23)25)16(24)20-19-22-21-17(28-19)15-7-4-9-27-15/h2-3,5-6,11,15H,4,7-10H2,1H3,(H,20,22,24)/t15-/m0/s1. The fourth-order valence-electron chi connectivity index (χ4n) is 3.23. The Morgan fingerprint density at radius 3 is 2.93 bits per heavy atom. The molecule has 0 saturated carbocycles. The van der Waals surface area contributed by atoms with Gasteiger partial charge in [0.25, 0.3) is 11.5 Å². The highest BCUT2D eigenvalue weighted by Gasteiger charge is 2.23. The van der Waals surface area contributed by atoms with E-state index in [2.05, 4.69) is 15.5 Å². The van der Waals surface area contributed by atoms with E-state index in [0.29, 0.717) is 34.6 Å². The number of methoxy groups -OCH3 is 1. The fourth-order valence-corrected chi connectivity index (χ4v) is 4.05. The van der Waals surface area contributed by atoms with E-state index in [1.807, 2.05) is 0 Å². The lowest BCUT2D eigenvalue weighted by Gasteiger charge is -2.11. The molecule has 1 N–H and O–H groups in total. The van der Waals surface area contributed by atoms with Crippen LogP contribution in [0.5, 0.6) is 0 Å². The lowest BCUT2D eigenvalue weighted by Crippen LogP contribution is -2.25. The van der Waals surface area contributed by atoms with E-state index in [0.717, 1.165) is 24.5 Å². The lowest BCUT2D eigenvalue weighted by molar-refractivity contribution is 0.102. The molecule has 28 heavy (non-hydrogen) atoms. The van der Waals surface area contributed by atoms with Crippen molar-refractivity contribution < 1.29 is 14.3 Å². The average molecular weight is 400 g/mol. The topological polar surface area (TPSA) is 95.3 Å². The Bertz CT molecular complexity index is 1060. The van der Waals surface area contributed by atoms with Crippen molar-refractivity contribution in [1.29, 1.82) is 0 Å². The first-order valence-electron chi connectivity index (χ1n) is 9.05. The minimum absolute atomic E-state index is 0.0417. The molecule has 9 heteroatoms. The van der Waals surface area contributed by atoms with Crippen LogP contribution >= 0.6 is 11.3 Å². The summed E-state index contributed by atoms with van der Waals surface area (Å²) in [5, 5.41) is 13.3. The monoisotopic (exact) mass is 400 g/mol. The summed E-state index contributed by atoms with van der Waals surface area (Å²) in [4.78, 5) is 25.6. The zero-order chi connectivity index (χ0) is 19.5. The molecule has 1 amide bonds. The smallest absolute Gasteiger partial charge is 0.259 e. The zero-order valence-corrected chi connectivity index (χ0v) is 16.2. The molecule has 0 radical (unpaired) electrons. The first-order valence-corrected chi connectivity index (χ1v) is 9.86. The highest BCUT2D eigenvalue weighted by atomic mass is 32.1. The molecule has 1 aromatic carbocycles. The molecule has 0 spiro atoms. The maximum atomic E-state index is 12.9. The van der Waals surface area contributed by atoms with Crippen LogP contribution in [0.3, 0.4) is 0 Å². The van der Waals surface area contributed by atoms with Crippen LogP contribution in [0.15, 0.2) is 35.3 Å². The summed E-state index contributed by atoms with van der Waals surface area (Å²) < 4.78 is 12.2. The van der Waals surface area contributed by atoms with Gasteiger partial charge in [0.1, 0.15) is 11.1 Å². The molecule has 4 rings (SSSR count). The molecule has 3 heterocycles. The van der Waals surface area contributed by atoms with E-state index in [1.165, 1.54) is 15.9 Å². The van der Waals surface area contributed by atoms with Gasteiger partial charge in [-0.15, -0.1) is 10.2 Å². The van der Waals surface area contributed by atoms with Crippen molar-refractivity contribution in [3.8, 4) is 0 Å². The van der Waals surface area contributed by atoms with Crippen LogP contribution in [0.2, 0.25) is 0 Å². The fraction of sp³-hybridized carbons (Fsp3) is 0.368. The number of hydrogen-bond acceptors (Lipinski definition) is 7. The van der Waals surface area contributed by atoms with Crippen molar-refractivity contribution >= 4 is 33.1 Å². The van der Waals surface area contributed by atoms with Crippen molar-refractivity contribution in [2.45, 2.75) is 25.5 Å². The number of carbonyl (C=O) groups excluding carboxylic acids is 1. The Labute approximate surface area is 165 Å². The van der Waals surface area contributed by atoms with Crippen LogP contribution in [0, 0.1) is 0 Å². The number of rotatable bonds is 6. The third-order valence-corrected chi connectivity index (χ3v) is 5.57. The number of benzene rings is 1. The Hall–Kier alpha value is -2.62. The number of ether oxygens (including phenoxy) is 2. The van der Waals surface area contributed by atoms with Gasteiger partial charge in [0.15, 0.2) is 0 Å². The average Bonchev–Trinajstić information content (AvgIpc) is 3.39. The van der Waals surface area contributed by atoms with E-state index in [-0.39, 0.29) is 17.6 Å². The van der Waals surface area contributed by atoms with Crippen molar-refractivity contribution in [3.05, 3.63) is 51.4 Å². The molecular weight excluding hydrogens is 380 g/mol. The second-order valence-electron chi connectivity index (χ2n) is 6.48. The highest BCUT2D eigenvalue weighted by Crippen LogP contribution is 2.32. The normalized spacial score (nSPS) is 16.5. The van der Waals surface area contributed by atoms with Crippen molar-refractivity contribution in [1.82, 2.24) is 14.8 Å². The number of nitrogens with zero attached hydrogens (tertiary/aromatic N) is 3. The summed E-state index contributed by atoms with van der Waals surface area (Å²) in [6, 6.07) is 7.08. The summed E-state index contributed by atoms with van der Waals surface area (Å²) in [5.74, 6) is -0.336. The predicted molar refractivity (Wildman–Crippen MR) is 106 cm³/mol. The molecule has 0 bridgehead atoms. The van der Waals surface area contributed by atoms with Gasteiger partial charge in [-0.25, -0.2) is 0 Å². The van der Waals surface area contributed by atoms with Crippen molar-refractivity contribution in [2.24, 2.45) is 0 Å². The molecule has 8 nitrogen and oxygen atoms in total.